The average Bonchev–Trinajstić information content (AvgIpc) is 2.65. The van der Waals surface area contributed by atoms with Crippen molar-refractivity contribution in [3.63, 3.8) is 0 Å². The molecular formula is C10H10ClN3OS. The molecule has 0 aliphatic carbocycles. The fourth-order valence-electron chi connectivity index (χ4n) is 1.35. The van der Waals surface area contributed by atoms with Gasteiger partial charge in [-0.25, -0.2) is 0 Å². The average molecular weight is 256 g/mol. The van der Waals surface area contributed by atoms with E-state index in [-0.39, 0.29) is 0 Å². The lowest BCUT2D eigenvalue weighted by Crippen LogP contribution is -1.93. The van der Waals surface area contributed by atoms with Crippen molar-refractivity contribution in [3.8, 4) is 5.75 Å². The molecule has 0 atom stereocenters. The van der Waals surface area contributed by atoms with Gasteiger partial charge in [-0.05, 0) is 30.7 Å². The van der Waals surface area contributed by atoms with Crippen molar-refractivity contribution >= 4 is 34.8 Å². The summed E-state index contributed by atoms with van der Waals surface area (Å²) >= 11 is 6.92. The van der Waals surface area contributed by atoms with Crippen LogP contribution in [0.4, 0.5) is 11.5 Å². The maximum absolute atomic E-state index is 5.84. The predicted octanol–water partition coefficient (Wildman–Crippen LogP) is 3.25. The highest BCUT2D eigenvalue weighted by Crippen LogP contribution is 2.26. The van der Waals surface area contributed by atoms with Gasteiger partial charge in [0.1, 0.15) is 5.75 Å². The van der Waals surface area contributed by atoms with Gasteiger partial charge in [0, 0.05) is 5.69 Å². The Balaban J connectivity index is 2.23. The van der Waals surface area contributed by atoms with Gasteiger partial charge in [-0.1, -0.05) is 11.6 Å². The molecule has 2 aromatic rings. The first kappa shape index (κ1) is 11.2. The summed E-state index contributed by atoms with van der Waals surface area (Å²) < 4.78 is 13.1. The molecule has 0 amide bonds. The molecule has 0 fully saturated rings. The first-order valence-corrected chi connectivity index (χ1v) is 5.71. The summed E-state index contributed by atoms with van der Waals surface area (Å²) in [6, 6.07) is 5.77. The summed E-state index contributed by atoms with van der Waals surface area (Å²) in [5.41, 5.74) is 1.96. The Hall–Kier alpha value is -1.33. The predicted molar refractivity (Wildman–Crippen MR) is 65.9 cm³/mol. The lowest BCUT2D eigenvalue weighted by atomic mass is 10.2. The minimum absolute atomic E-state index is 0.387. The van der Waals surface area contributed by atoms with Gasteiger partial charge in [-0.3, -0.25) is 0 Å². The number of hydrogen-bond acceptors (Lipinski definition) is 5. The third-order valence-corrected chi connectivity index (χ3v) is 3.00. The van der Waals surface area contributed by atoms with Gasteiger partial charge in [0.2, 0.25) is 0 Å². The maximum Gasteiger partial charge on any atom is 0.187 e. The monoisotopic (exact) mass is 255 g/mol. The van der Waals surface area contributed by atoms with Gasteiger partial charge in [0.05, 0.1) is 18.8 Å². The molecule has 0 aliphatic heterocycles. The molecule has 0 spiro atoms. The van der Waals surface area contributed by atoms with E-state index >= 15 is 0 Å². The summed E-state index contributed by atoms with van der Waals surface area (Å²) in [6.45, 7) is 1.98. The molecule has 0 unspecified atom stereocenters. The molecule has 1 N–H and O–H groups in total. The van der Waals surface area contributed by atoms with Crippen LogP contribution in [-0.4, -0.2) is 15.9 Å². The van der Waals surface area contributed by atoms with Gasteiger partial charge in [0.15, 0.2) is 11.0 Å². The van der Waals surface area contributed by atoms with Crippen LogP contribution < -0.4 is 10.1 Å². The molecule has 2 rings (SSSR count). The topological polar surface area (TPSA) is 47.0 Å². The fraction of sp³-hybridized carbons (Fsp3) is 0.200. The molecule has 0 radical (unpaired) electrons. The molecule has 6 heteroatoms. The van der Waals surface area contributed by atoms with Gasteiger partial charge in [0.25, 0.3) is 0 Å². The molecule has 4 nitrogen and oxygen atoms in total. The van der Waals surface area contributed by atoms with E-state index in [2.05, 4.69) is 14.1 Å². The van der Waals surface area contributed by atoms with Crippen LogP contribution in [0.5, 0.6) is 5.75 Å². The second-order valence-corrected chi connectivity index (χ2v) is 4.10. The molecular weight excluding hydrogens is 246 g/mol. The van der Waals surface area contributed by atoms with Crippen LogP contribution in [0.15, 0.2) is 18.2 Å². The number of aromatic nitrogens is 2. The van der Waals surface area contributed by atoms with E-state index in [1.807, 2.05) is 25.1 Å². The number of hydrogen-bond donors (Lipinski definition) is 1. The molecule has 1 aromatic heterocycles. The standard InChI is InChI=1S/C10H10ClN3OS/c1-6-5-7(3-4-8(6)15-2)12-10-9(11)13-16-14-10/h3-5H,1-2H3,(H,12,14). The summed E-state index contributed by atoms with van der Waals surface area (Å²) in [6.07, 6.45) is 0. The molecule has 0 bridgehead atoms. The number of nitrogens with one attached hydrogen (secondary N) is 1. The summed E-state index contributed by atoms with van der Waals surface area (Å²) in [4.78, 5) is 0. The van der Waals surface area contributed by atoms with E-state index in [9.17, 15) is 0 Å². The van der Waals surface area contributed by atoms with E-state index in [0.29, 0.717) is 11.0 Å². The summed E-state index contributed by atoms with van der Waals surface area (Å²) in [7, 11) is 1.65. The van der Waals surface area contributed by atoms with Crippen molar-refractivity contribution in [3.05, 3.63) is 28.9 Å². The SMILES string of the molecule is COc1ccc(Nc2nsnc2Cl)cc1C. The van der Waals surface area contributed by atoms with Crippen molar-refractivity contribution in [2.75, 3.05) is 12.4 Å². The molecule has 84 valence electrons. The second-order valence-electron chi connectivity index (χ2n) is 3.21. The highest BCUT2D eigenvalue weighted by Gasteiger charge is 2.06. The zero-order valence-electron chi connectivity index (χ0n) is 8.82. The Kier molecular flexibility index (Phi) is 3.26. The Bertz CT molecular complexity index is 501. The van der Waals surface area contributed by atoms with Crippen molar-refractivity contribution in [2.45, 2.75) is 6.92 Å². The van der Waals surface area contributed by atoms with Crippen molar-refractivity contribution in [1.82, 2.24) is 8.75 Å². The molecule has 16 heavy (non-hydrogen) atoms. The number of ether oxygens (including phenoxy) is 1. The normalized spacial score (nSPS) is 10.2. The van der Waals surface area contributed by atoms with Gasteiger partial charge in [-0.15, -0.1) is 0 Å². The van der Waals surface area contributed by atoms with E-state index in [0.717, 1.165) is 28.7 Å². The second kappa shape index (κ2) is 4.67. The van der Waals surface area contributed by atoms with Crippen LogP contribution in [-0.2, 0) is 0 Å². The number of aryl methyl sites for hydroxylation is 1. The zero-order chi connectivity index (χ0) is 11.5. The first-order chi connectivity index (χ1) is 7.70. The molecule has 1 heterocycles. The van der Waals surface area contributed by atoms with Crippen LogP contribution >= 0.6 is 23.3 Å². The van der Waals surface area contributed by atoms with Gasteiger partial charge >= 0.3 is 0 Å². The van der Waals surface area contributed by atoms with Gasteiger partial charge in [-0.2, -0.15) is 8.75 Å². The Labute approximate surface area is 103 Å². The van der Waals surface area contributed by atoms with Crippen molar-refractivity contribution < 1.29 is 4.74 Å². The maximum atomic E-state index is 5.84. The Morgan fingerprint density at radius 2 is 2.19 bits per heavy atom. The largest absolute Gasteiger partial charge is 0.496 e. The lowest BCUT2D eigenvalue weighted by Gasteiger charge is -2.07. The number of anilines is 2. The van der Waals surface area contributed by atoms with Crippen LogP contribution in [0.2, 0.25) is 5.15 Å². The third-order valence-electron chi connectivity index (χ3n) is 2.11. The van der Waals surface area contributed by atoms with Crippen LogP contribution in [0.3, 0.4) is 0 Å². The van der Waals surface area contributed by atoms with E-state index < -0.39 is 0 Å². The van der Waals surface area contributed by atoms with E-state index in [4.69, 9.17) is 16.3 Å². The molecule has 0 saturated heterocycles. The zero-order valence-corrected chi connectivity index (χ0v) is 10.4. The molecule has 1 aromatic carbocycles. The number of methoxy groups -OCH3 is 1. The number of nitrogens with zero attached hydrogens (tertiary/aromatic N) is 2. The number of rotatable bonds is 3. The van der Waals surface area contributed by atoms with E-state index in [1.54, 1.807) is 7.11 Å². The molecule has 0 aliphatic rings. The number of halogens is 1. The third kappa shape index (κ3) is 2.25. The van der Waals surface area contributed by atoms with Crippen molar-refractivity contribution in [2.24, 2.45) is 0 Å². The molecule has 0 saturated carbocycles. The highest BCUT2D eigenvalue weighted by molar-refractivity contribution is 6.99. The quantitative estimate of drug-likeness (QED) is 0.915. The van der Waals surface area contributed by atoms with E-state index in [1.165, 1.54) is 0 Å². The summed E-state index contributed by atoms with van der Waals surface area (Å²) in [5, 5.41) is 3.48. The van der Waals surface area contributed by atoms with Crippen LogP contribution in [0, 0.1) is 6.92 Å². The van der Waals surface area contributed by atoms with Gasteiger partial charge < -0.3 is 10.1 Å². The van der Waals surface area contributed by atoms with Crippen molar-refractivity contribution in [1.29, 1.82) is 0 Å². The smallest absolute Gasteiger partial charge is 0.187 e. The number of benzene rings is 1. The minimum Gasteiger partial charge on any atom is -0.496 e. The summed E-state index contributed by atoms with van der Waals surface area (Å²) in [5.74, 6) is 1.43. The Morgan fingerprint density at radius 1 is 1.38 bits per heavy atom. The fourth-order valence-corrected chi connectivity index (χ4v) is 1.99. The first-order valence-electron chi connectivity index (χ1n) is 4.60. The highest BCUT2D eigenvalue weighted by atomic mass is 35.5. The van der Waals surface area contributed by atoms with Crippen LogP contribution in [0.1, 0.15) is 5.56 Å². The Morgan fingerprint density at radius 3 is 2.75 bits per heavy atom. The lowest BCUT2D eigenvalue weighted by molar-refractivity contribution is 0.412. The van der Waals surface area contributed by atoms with Crippen LogP contribution in [0.25, 0.3) is 0 Å². The minimum atomic E-state index is 0.387.